The van der Waals surface area contributed by atoms with Gasteiger partial charge in [0.05, 0.1) is 5.56 Å². The van der Waals surface area contributed by atoms with E-state index in [-0.39, 0.29) is 29.4 Å². The second-order valence-corrected chi connectivity index (χ2v) is 8.81. The summed E-state index contributed by atoms with van der Waals surface area (Å²) in [6, 6.07) is 16.5. The minimum absolute atomic E-state index is 0.00905. The molecule has 4 rings (SSSR count). The Labute approximate surface area is 206 Å². The van der Waals surface area contributed by atoms with Crippen LogP contribution in [-0.2, 0) is 12.7 Å². The van der Waals surface area contributed by atoms with E-state index in [1.807, 2.05) is 19.1 Å². The third-order valence-corrected chi connectivity index (χ3v) is 5.95. The van der Waals surface area contributed by atoms with Crippen LogP contribution in [0.2, 0.25) is 0 Å². The molecule has 0 amide bonds. The molecule has 6 nitrogen and oxygen atoms in total. The van der Waals surface area contributed by atoms with Crippen molar-refractivity contribution in [2.75, 3.05) is 13.6 Å². The molecular weight excluding hydrogens is 471 g/mol. The molecule has 1 heterocycles. The predicted octanol–water partition coefficient (Wildman–Crippen LogP) is 5.45. The summed E-state index contributed by atoms with van der Waals surface area (Å²) in [5.74, 6) is 0.251. The number of nitrogens with zero attached hydrogens (tertiary/aromatic N) is 3. The first-order chi connectivity index (χ1) is 17.0. The van der Waals surface area contributed by atoms with Gasteiger partial charge in [0.25, 0.3) is 5.89 Å². The van der Waals surface area contributed by atoms with E-state index in [1.165, 1.54) is 6.07 Å². The van der Waals surface area contributed by atoms with Crippen LogP contribution < -0.4 is 0 Å². The molecule has 9 heteroatoms. The first kappa shape index (κ1) is 25.6. The van der Waals surface area contributed by atoms with Gasteiger partial charge in [0.2, 0.25) is 5.82 Å². The molecule has 0 bridgehead atoms. The largest absolute Gasteiger partial charge is 0.417 e. The van der Waals surface area contributed by atoms with Gasteiger partial charge in [-0.1, -0.05) is 47.6 Å². The lowest BCUT2D eigenvalue weighted by atomic mass is 9.94. The Bertz CT molecular complexity index is 1370. The molecular formula is C27H26F3N3O3. The topological polar surface area (TPSA) is 82.6 Å². The van der Waals surface area contributed by atoms with Crippen molar-refractivity contribution in [3.8, 4) is 34.0 Å². The van der Waals surface area contributed by atoms with Crippen molar-refractivity contribution in [2.45, 2.75) is 32.9 Å². The summed E-state index contributed by atoms with van der Waals surface area (Å²) in [6.07, 6.45) is -5.99. The monoisotopic (exact) mass is 497 g/mol. The summed E-state index contributed by atoms with van der Waals surface area (Å²) < 4.78 is 47.3. The Balaban J connectivity index is 1.64. The van der Waals surface area contributed by atoms with Crippen molar-refractivity contribution in [1.29, 1.82) is 0 Å². The van der Waals surface area contributed by atoms with Gasteiger partial charge in [-0.15, -0.1) is 0 Å². The minimum atomic E-state index is -4.57. The lowest BCUT2D eigenvalue weighted by Crippen LogP contribution is -2.28. The molecule has 0 spiro atoms. The molecule has 188 valence electrons. The molecule has 2 N–H and O–H groups in total. The van der Waals surface area contributed by atoms with Crippen LogP contribution in [0.15, 0.2) is 65.2 Å². The molecule has 0 aliphatic rings. The maximum atomic E-state index is 14.0. The van der Waals surface area contributed by atoms with Crippen molar-refractivity contribution in [3.05, 3.63) is 82.9 Å². The summed E-state index contributed by atoms with van der Waals surface area (Å²) in [4.78, 5) is 6.12. The first-order valence-corrected chi connectivity index (χ1v) is 11.3. The number of aryl methyl sites for hydroxylation is 2. The summed E-state index contributed by atoms with van der Waals surface area (Å²) in [6.45, 7) is 4.30. The zero-order chi connectivity index (χ0) is 26.0. The van der Waals surface area contributed by atoms with Crippen LogP contribution in [0, 0.1) is 13.8 Å². The van der Waals surface area contributed by atoms with Gasteiger partial charge in [-0.25, -0.2) is 0 Å². The van der Waals surface area contributed by atoms with Gasteiger partial charge in [-0.05, 0) is 66.9 Å². The molecule has 0 fully saturated rings. The van der Waals surface area contributed by atoms with E-state index >= 15 is 0 Å². The van der Waals surface area contributed by atoms with Gasteiger partial charge in [0.1, 0.15) is 0 Å². The fourth-order valence-electron chi connectivity index (χ4n) is 4.13. The molecule has 3 aromatic carbocycles. The van der Waals surface area contributed by atoms with Crippen molar-refractivity contribution in [1.82, 2.24) is 15.0 Å². The molecule has 0 unspecified atom stereocenters. The summed E-state index contributed by atoms with van der Waals surface area (Å²) in [7, 11) is 1.78. The second-order valence-electron chi connectivity index (χ2n) is 8.81. The van der Waals surface area contributed by atoms with Gasteiger partial charge in [0, 0.05) is 24.2 Å². The van der Waals surface area contributed by atoms with E-state index in [2.05, 4.69) is 10.1 Å². The molecule has 0 atom stereocenters. The maximum absolute atomic E-state index is 14.0. The highest BCUT2D eigenvalue weighted by atomic mass is 19.4. The highest BCUT2D eigenvalue weighted by molar-refractivity contribution is 5.74. The zero-order valence-corrected chi connectivity index (χ0v) is 20.0. The number of hydrogen-bond donors (Lipinski definition) is 2. The maximum Gasteiger partial charge on any atom is 0.417 e. The highest BCUT2D eigenvalue weighted by Gasteiger charge is 2.34. The standard InChI is InChI=1S/C27H26F3N3O3/c1-16-6-4-5-7-21(16)22-11-10-19(13-23(22)27(28,29)30)26-31-25(32-36-26)18-8-9-20(17(2)12-18)14-33(3)15-24(34)35/h4-13,24,34-35H,14-15H2,1-3H3. The number of aliphatic hydroxyl groups is 2. The third kappa shape index (κ3) is 5.64. The van der Waals surface area contributed by atoms with Crippen molar-refractivity contribution in [2.24, 2.45) is 0 Å². The van der Waals surface area contributed by atoms with E-state index in [1.54, 1.807) is 55.3 Å². The average molecular weight is 498 g/mol. The van der Waals surface area contributed by atoms with Gasteiger partial charge in [-0.2, -0.15) is 18.2 Å². The van der Waals surface area contributed by atoms with E-state index < -0.39 is 18.0 Å². The van der Waals surface area contributed by atoms with Gasteiger partial charge >= 0.3 is 6.18 Å². The van der Waals surface area contributed by atoms with Crippen LogP contribution in [0.1, 0.15) is 22.3 Å². The minimum Gasteiger partial charge on any atom is -0.367 e. The average Bonchev–Trinajstić information content (AvgIpc) is 3.30. The summed E-state index contributed by atoms with van der Waals surface area (Å²) in [5.41, 5.74) is 3.32. The van der Waals surface area contributed by atoms with E-state index in [9.17, 15) is 13.2 Å². The Kier molecular flexibility index (Phi) is 7.26. The van der Waals surface area contributed by atoms with E-state index in [4.69, 9.17) is 14.7 Å². The smallest absolute Gasteiger partial charge is 0.367 e. The fourth-order valence-corrected chi connectivity index (χ4v) is 4.13. The summed E-state index contributed by atoms with van der Waals surface area (Å²) >= 11 is 0. The predicted molar refractivity (Wildman–Crippen MR) is 130 cm³/mol. The van der Waals surface area contributed by atoms with Crippen molar-refractivity contribution < 1.29 is 27.9 Å². The van der Waals surface area contributed by atoms with Crippen LogP contribution >= 0.6 is 0 Å². The van der Waals surface area contributed by atoms with Crippen LogP contribution in [0.4, 0.5) is 13.2 Å². The molecule has 4 aromatic rings. The normalized spacial score (nSPS) is 12.1. The Hall–Kier alpha value is -3.53. The number of aliphatic hydroxyl groups excluding tert-OH is 1. The molecule has 36 heavy (non-hydrogen) atoms. The second kappa shape index (κ2) is 10.2. The van der Waals surface area contributed by atoms with Gasteiger partial charge < -0.3 is 14.7 Å². The highest BCUT2D eigenvalue weighted by Crippen LogP contribution is 2.40. The SMILES string of the molecule is Cc1cc(-c2noc(-c3ccc(-c4ccccc4C)c(C(F)(F)F)c3)n2)ccc1CN(C)CC(O)O. The van der Waals surface area contributed by atoms with Crippen molar-refractivity contribution in [3.63, 3.8) is 0 Å². The number of likely N-dealkylation sites (N-methyl/N-ethyl adjacent to an activating group) is 1. The van der Waals surface area contributed by atoms with Gasteiger partial charge in [-0.3, -0.25) is 4.90 Å². The van der Waals surface area contributed by atoms with Crippen molar-refractivity contribution >= 4 is 0 Å². The Morgan fingerprint density at radius 1 is 0.917 bits per heavy atom. The number of benzene rings is 3. The molecule has 0 aliphatic carbocycles. The first-order valence-electron chi connectivity index (χ1n) is 11.3. The third-order valence-electron chi connectivity index (χ3n) is 5.95. The molecule has 0 aliphatic heterocycles. The number of halogens is 3. The van der Waals surface area contributed by atoms with E-state index in [0.29, 0.717) is 17.7 Å². The van der Waals surface area contributed by atoms with Crippen LogP contribution in [0.5, 0.6) is 0 Å². The molecule has 0 saturated carbocycles. The number of rotatable bonds is 7. The lowest BCUT2D eigenvalue weighted by Gasteiger charge is -2.19. The number of aromatic nitrogens is 2. The van der Waals surface area contributed by atoms with E-state index in [0.717, 1.165) is 22.8 Å². The van der Waals surface area contributed by atoms with Crippen LogP contribution in [0.3, 0.4) is 0 Å². The molecule has 0 radical (unpaired) electrons. The fraction of sp³-hybridized carbons (Fsp3) is 0.259. The Morgan fingerprint density at radius 3 is 2.31 bits per heavy atom. The lowest BCUT2D eigenvalue weighted by molar-refractivity contribution is -0.137. The Morgan fingerprint density at radius 2 is 1.64 bits per heavy atom. The number of hydrogen-bond acceptors (Lipinski definition) is 6. The summed E-state index contributed by atoms with van der Waals surface area (Å²) in [5, 5.41) is 22.2. The van der Waals surface area contributed by atoms with Gasteiger partial charge in [0.15, 0.2) is 6.29 Å². The molecule has 0 saturated heterocycles. The number of alkyl halides is 3. The van der Waals surface area contributed by atoms with Crippen LogP contribution in [0.25, 0.3) is 34.0 Å². The quantitative estimate of drug-likeness (QED) is 0.331. The molecule has 1 aromatic heterocycles. The zero-order valence-electron chi connectivity index (χ0n) is 20.0. The van der Waals surface area contributed by atoms with Crippen LogP contribution in [-0.4, -0.2) is 45.1 Å².